The second-order valence-electron chi connectivity index (χ2n) is 5.62. The van der Waals surface area contributed by atoms with Crippen molar-refractivity contribution in [2.45, 2.75) is 4.90 Å². The summed E-state index contributed by atoms with van der Waals surface area (Å²) in [6, 6.07) is 23.7. The fourth-order valence-corrected chi connectivity index (χ4v) is 3.71. The largest absolute Gasteiger partial charge is 0.399 e. The second-order valence-corrected chi connectivity index (χ2v) is 6.67. The van der Waals surface area contributed by atoms with Crippen LogP contribution in [0.25, 0.3) is 21.8 Å². The van der Waals surface area contributed by atoms with Crippen LogP contribution in [0.1, 0.15) is 4.79 Å². The van der Waals surface area contributed by atoms with Gasteiger partial charge in [-0.15, -0.1) is 11.8 Å². The molecule has 118 valence electrons. The first-order valence-corrected chi connectivity index (χ1v) is 8.72. The number of nitrogen functional groups attached to an aromatic ring is 1. The van der Waals surface area contributed by atoms with E-state index in [4.69, 9.17) is 5.73 Å². The molecule has 0 saturated heterocycles. The van der Waals surface area contributed by atoms with E-state index in [-0.39, 0.29) is 5.91 Å². The van der Waals surface area contributed by atoms with Crippen molar-refractivity contribution in [3.8, 4) is 0 Å². The highest BCUT2D eigenvalue weighted by atomic mass is 32.2. The molecule has 3 nitrogen and oxygen atoms in total. The van der Waals surface area contributed by atoms with Gasteiger partial charge in [0.1, 0.15) is 0 Å². The molecule has 0 aliphatic heterocycles. The van der Waals surface area contributed by atoms with Gasteiger partial charge in [0, 0.05) is 21.4 Å². The van der Waals surface area contributed by atoms with Crippen LogP contribution < -0.4 is 5.73 Å². The lowest BCUT2D eigenvalue weighted by molar-refractivity contribution is 0.0951. The summed E-state index contributed by atoms with van der Waals surface area (Å²) in [5.74, 6) is 0.460. The van der Waals surface area contributed by atoms with Crippen LogP contribution in [0.15, 0.2) is 77.7 Å². The van der Waals surface area contributed by atoms with Crippen molar-refractivity contribution in [1.29, 1.82) is 0 Å². The number of nitrogens with two attached hydrogens (primary N) is 1. The fourth-order valence-electron chi connectivity index (χ4n) is 2.96. The summed E-state index contributed by atoms with van der Waals surface area (Å²) >= 11 is 1.53. The molecule has 4 rings (SSSR count). The van der Waals surface area contributed by atoms with Crippen LogP contribution >= 0.6 is 11.8 Å². The molecule has 0 atom stereocenters. The zero-order valence-electron chi connectivity index (χ0n) is 13.0. The number of anilines is 1. The first-order valence-electron chi connectivity index (χ1n) is 7.74. The normalized spacial score (nSPS) is 11.2. The Bertz CT molecular complexity index is 981. The molecular weight excluding hydrogens is 316 g/mol. The summed E-state index contributed by atoms with van der Waals surface area (Å²) in [5, 5.41) is 2.22. The maximum atomic E-state index is 12.9. The van der Waals surface area contributed by atoms with Crippen LogP contribution in [0.5, 0.6) is 0 Å². The number of fused-ring (bicyclic) bond motifs is 3. The lowest BCUT2D eigenvalue weighted by Crippen LogP contribution is -2.12. The van der Waals surface area contributed by atoms with E-state index >= 15 is 0 Å². The molecule has 0 fully saturated rings. The predicted molar refractivity (Wildman–Crippen MR) is 102 cm³/mol. The van der Waals surface area contributed by atoms with Crippen LogP contribution in [0.2, 0.25) is 0 Å². The van der Waals surface area contributed by atoms with E-state index < -0.39 is 0 Å². The SMILES string of the molecule is Nc1ccc(SCC(=O)n2c3ccccc3c3ccccc32)cc1. The zero-order chi connectivity index (χ0) is 16.5. The lowest BCUT2D eigenvalue weighted by atomic mass is 10.2. The molecule has 0 aliphatic carbocycles. The van der Waals surface area contributed by atoms with Crippen molar-refractivity contribution in [3.63, 3.8) is 0 Å². The summed E-state index contributed by atoms with van der Waals surface area (Å²) in [5.41, 5.74) is 8.35. The van der Waals surface area contributed by atoms with Crippen molar-refractivity contribution >= 4 is 45.2 Å². The molecule has 0 unspecified atom stereocenters. The van der Waals surface area contributed by atoms with Gasteiger partial charge >= 0.3 is 0 Å². The highest BCUT2D eigenvalue weighted by molar-refractivity contribution is 8.00. The van der Waals surface area contributed by atoms with Crippen LogP contribution in [-0.2, 0) is 0 Å². The standard InChI is InChI=1S/C20H16N2OS/c21-14-9-11-15(12-10-14)24-13-20(23)22-18-7-3-1-5-16(18)17-6-2-4-8-19(17)22/h1-12H,13,21H2. The Morgan fingerprint density at radius 2 is 1.38 bits per heavy atom. The van der Waals surface area contributed by atoms with Crippen molar-refractivity contribution in [1.82, 2.24) is 4.57 Å². The number of rotatable bonds is 3. The Balaban J connectivity index is 1.71. The number of carbonyl (C=O) groups excluding carboxylic acids is 1. The highest BCUT2D eigenvalue weighted by Gasteiger charge is 2.15. The van der Waals surface area contributed by atoms with Gasteiger partial charge in [-0.05, 0) is 36.4 Å². The molecule has 0 spiro atoms. The van der Waals surface area contributed by atoms with Gasteiger partial charge in [0.25, 0.3) is 0 Å². The third kappa shape index (κ3) is 2.55. The number of hydrogen-bond donors (Lipinski definition) is 1. The van der Waals surface area contributed by atoms with Gasteiger partial charge in [0.2, 0.25) is 5.91 Å². The minimum Gasteiger partial charge on any atom is -0.399 e. The fraction of sp³-hybridized carbons (Fsp3) is 0.0500. The van der Waals surface area contributed by atoms with Crippen LogP contribution in [0.4, 0.5) is 5.69 Å². The van der Waals surface area contributed by atoms with Gasteiger partial charge in [-0.1, -0.05) is 36.4 Å². The molecule has 1 aromatic heterocycles. The molecule has 1 heterocycles. The summed E-state index contributed by atoms with van der Waals surface area (Å²) in [6.07, 6.45) is 0. The number of carbonyl (C=O) groups is 1. The smallest absolute Gasteiger partial charge is 0.241 e. The third-order valence-electron chi connectivity index (χ3n) is 4.07. The van der Waals surface area contributed by atoms with Gasteiger partial charge in [-0.2, -0.15) is 0 Å². The number of para-hydroxylation sites is 2. The van der Waals surface area contributed by atoms with E-state index in [1.807, 2.05) is 65.2 Å². The maximum Gasteiger partial charge on any atom is 0.241 e. The third-order valence-corrected chi connectivity index (χ3v) is 5.07. The molecular formula is C20H16N2OS. The molecule has 0 radical (unpaired) electrons. The predicted octanol–water partition coefficient (Wildman–Crippen LogP) is 4.81. The number of benzene rings is 3. The Morgan fingerprint density at radius 3 is 1.96 bits per heavy atom. The summed E-state index contributed by atoms with van der Waals surface area (Å²) < 4.78 is 1.83. The monoisotopic (exact) mass is 332 g/mol. The van der Waals surface area contributed by atoms with Gasteiger partial charge in [0.05, 0.1) is 16.8 Å². The molecule has 3 aromatic carbocycles. The molecule has 0 aliphatic rings. The Kier molecular flexibility index (Phi) is 3.75. The molecule has 4 heteroatoms. The minimum absolute atomic E-state index is 0.0780. The average molecular weight is 332 g/mol. The number of aromatic nitrogens is 1. The molecule has 0 bridgehead atoms. The molecule has 24 heavy (non-hydrogen) atoms. The lowest BCUT2D eigenvalue weighted by Gasteiger charge is -2.06. The topological polar surface area (TPSA) is 48.0 Å². The first kappa shape index (κ1) is 14.8. The van der Waals surface area contributed by atoms with Crippen LogP contribution in [0, 0.1) is 0 Å². The van der Waals surface area contributed by atoms with Gasteiger partial charge < -0.3 is 5.73 Å². The number of nitrogens with zero attached hydrogens (tertiary/aromatic N) is 1. The molecule has 0 saturated carbocycles. The van der Waals surface area contributed by atoms with Gasteiger partial charge in [-0.25, -0.2) is 0 Å². The van der Waals surface area contributed by atoms with Gasteiger partial charge in [0.15, 0.2) is 0 Å². The van der Waals surface area contributed by atoms with Crippen molar-refractivity contribution < 1.29 is 4.79 Å². The van der Waals surface area contributed by atoms with Crippen LogP contribution in [-0.4, -0.2) is 16.2 Å². The quantitative estimate of drug-likeness (QED) is 0.433. The Labute approximate surface area is 144 Å². The maximum absolute atomic E-state index is 12.9. The number of hydrogen-bond acceptors (Lipinski definition) is 3. The minimum atomic E-state index is 0.0780. The van der Waals surface area contributed by atoms with Gasteiger partial charge in [-0.3, -0.25) is 9.36 Å². The zero-order valence-corrected chi connectivity index (χ0v) is 13.8. The van der Waals surface area contributed by atoms with Crippen LogP contribution in [0.3, 0.4) is 0 Å². The first-order chi connectivity index (χ1) is 11.7. The van der Waals surface area contributed by atoms with E-state index in [1.165, 1.54) is 11.8 Å². The van der Waals surface area contributed by atoms with E-state index in [9.17, 15) is 4.79 Å². The second kappa shape index (κ2) is 6.06. The summed E-state index contributed by atoms with van der Waals surface area (Å²) in [7, 11) is 0. The molecule has 0 amide bonds. The Hall–Kier alpha value is -2.72. The summed E-state index contributed by atoms with van der Waals surface area (Å²) in [6.45, 7) is 0. The van der Waals surface area contributed by atoms with Crippen molar-refractivity contribution in [2.75, 3.05) is 11.5 Å². The molecule has 2 N–H and O–H groups in total. The van der Waals surface area contributed by atoms with E-state index in [0.29, 0.717) is 5.75 Å². The van der Waals surface area contributed by atoms with E-state index in [1.54, 1.807) is 0 Å². The van der Waals surface area contributed by atoms with Crippen molar-refractivity contribution in [2.24, 2.45) is 0 Å². The number of thioether (sulfide) groups is 1. The average Bonchev–Trinajstić information content (AvgIpc) is 2.96. The highest BCUT2D eigenvalue weighted by Crippen LogP contribution is 2.29. The van der Waals surface area contributed by atoms with Crippen molar-refractivity contribution in [3.05, 3.63) is 72.8 Å². The molecule has 4 aromatic rings. The Morgan fingerprint density at radius 1 is 0.833 bits per heavy atom. The summed E-state index contributed by atoms with van der Waals surface area (Å²) in [4.78, 5) is 13.9. The van der Waals surface area contributed by atoms with E-state index in [2.05, 4.69) is 12.1 Å². The van der Waals surface area contributed by atoms with E-state index in [0.717, 1.165) is 32.4 Å².